The van der Waals surface area contributed by atoms with Gasteiger partial charge in [0.25, 0.3) is 5.91 Å². The van der Waals surface area contributed by atoms with E-state index in [0.29, 0.717) is 49.7 Å². The predicted octanol–water partition coefficient (Wildman–Crippen LogP) is 4.16. The van der Waals surface area contributed by atoms with Crippen LogP contribution in [0.5, 0.6) is 11.5 Å². The number of benzene rings is 2. The van der Waals surface area contributed by atoms with Gasteiger partial charge in [-0.1, -0.05) is 12.1 Å². The van der Waals surface area contributed by atoms with Crippen molar-refractivity contribution in [1.29, 1.82) is 0 Å². The Labute approximate surface area is 200 Å². The third-order valence-corrected chi connectivity index (χ3v) is 7.49. The lowest BCUT2D eigenvalue weighted by atomic mass is 9.73. The lowest BCUT2D eigenvalue weighted by Crippen LogP contribution is -2.46. The van der Waals surface area contributed by atoms with Crippen LogP contribution in [0.1, 0.15) is 54.4 Å². The number of piperidine rings is 1. The van der Waals surface area contributed by atoms with E-state index in [1.165, 1.54) is 0 Å². The molecule has 3 heterocycles. The van der Waals surface area contributed by atoms with Crippen LogP contribution in [-0.4, -0.2) is 56.2 Å². The Kier molecular flexibility index (Phi) is 6.46. The van der Waals surface area contributed by atoms with Gasteiger partial charge >= 0.3 is 0 Å². The Hall–Kier alpha value is -3.06. The molecule has 2 fully saturated rings. The van der Waals surface area contributed by atoms with Crippen molar-refractivity contribution in [2.24, 2.45) is 0 Å². The highest BCUT2D eigenvalue weighted by atomic mass is 16.5. The average Bonchev–Trinajstić information content (AvgIpc) is 2.89. The quantitative estimate of drug-likeness (QED) is 0.735. The fourth-order valence-electron chi connectivity index (χ4n) is 5.46. The summed E-state index contributed by atoms with van der Waals surface area (Å²) >= 11 is 0. The second-order valence-electron chi connectivity index (χ2n) is 9.37. The second-order valence-corrected chi connectivity index (χ2v) is 9.37. The Morgan fingerprint density at radius 2 is 1.85 bits per heavy atom. The van der Waals surface area contributed by atoms with E-state index in [-0.39, 0.29) is 17.9 Å². The van der Waals surface area contributed by atoms with Crippen molar-refractivity contribution in [3.05, 3.63) is 53.6 Å². The van der Waals surface area contributed by atoms with Crippen molar-refractivity contribution in [3.8, 4) is 11.5 Å². The summed E-state index contributed by atoms with van der Waals surface area (Å²) in [6.07, 6.45) is 5.24. The maximum absolute atomic E-state index is 13.7. The number of nitrogens with one attached hydrogen (secondary N) is 1. The molecule has 3 aliphatic rings. The summed E-state index contributed by atoms with van der Waals surface area (Å²) in [4.78, 5) is 29.1. The monoisotopic (exact) mass is 464 g/mol. The number of rotatable bonds is 4. The van der Waals surface area contributed by atoms with Crippen LogP contribution < -0.4 is 14.8 Å². The first kappa shape index (κ1) is 22.7. The van der Waals surface area contributed by atoms with E-state index < -0.39 is 5.41 Å². The van der Waals surface area contributed by atoms with Crippen LogP contribution >= 0.6 is 0 Å². The number of hydrogen-bond acceptors (Lipinski definition) is 5. The lowest BCUT2D eigenvalue weighted by Gasteiger charge is -2.38. The number of ether oxygens (including phenoxy) is 3. The Bertz CT molecular complexity index is 1050. The van der Waals surface area contributed by atoms with Gasteiger partial charge in [-0.25, -0.2) is 0 Å². The van der Waals surface area contributed by atoms with Gasteiger partial charge in [-0.15, -0.1) is 0 Å². The first-order valence-corrected chi connectivity index (χ1v) is 12.2. The SMILES string of the molecule is COc1ccc(C2(C(=O)Nc3ccc4c(c3)C(=O)N3CCCCC3CCO4)CCOCC2)cc1. The van der Waals surface area contributed by atoms with Gasteiger partial charge in [0.05, 0.1) is 24.7 Å². The van der Waals surface area contributed by atoms with Crippen LogP contribution in [0.15, 0.2) is 42.5 Å². The Morgan fingerprint density at radius 1 is 1.06 bits per heavy atom. The molecular formula is C27H32N2O5. The third-order valence-electron chi connectivity index (χ3n) is 7.49. The molecule has 0 spiro atoms. The van der Waals surface area contributed by atoms with Crippen molar-refractivity contribution in [1.82, 2.24) is 4.90 Å². The van der Waals surface area contributed by atoms with Gasteiger partial charge in [0.1, 0.15) is 11.5 Å². The molecule has 0 bridgehead atoms. The van der Waals surface area contributed by atoms with Crippen molar-refractivity contribution >= 4 is 17.5 Å². The fraction of sp³-hybridized carbons (Fsp3) is 0.481. The molecule has 0 saturated carbocycles. The topological polar surface area (TPSA) is 77.1 Å². The van der Waals surface area contributed by atoms with E-state index in [4.69, 9.17) is 14.2 Å². The number of anilines is 1. The largest absolute Gasteiger partial charge is 0.497 e. The average molecular weight is 465 g/mol. The van der Waals surface area contributed by atoms with E-state index in [1.807, 2.05) is 35.2 Å². The summed E-state index contributed by atoms with van der Waals surface area (Å²) < 4.78 is 16.8. The third kappa shape index (κ3) is 4.25. The first-order chi connectivity index (χ1) is 16.6. The summed E-state index contributed by atoms with van der Waals surface area (Å²) in [5.41, 5.74) is 1.37. The smallest absolute Gasteiger partial charge is 0.257 e. The van der Waals surface area contributed by atoms with Crippen molar-refractivity contribution in [3.63, 3.8) is 0 Å². The molecule has 7 heteroatoms. The van der Waals surface area contributed by atoms with Crippen LogP contribution in [0.4, 0.5) is 5.69 Å². The standard InChI is InChI=1S/C27H32N2O5/c1-32-22-8-5-19(6-9-22)27(12-16-33-17-13-27)26(31)28-20-7-10-24-23(18-20)25(30)29-14-3-2-4-21(29)11-15-34-24/h5-10,18,21H,2-4,11-17H2,1H3,(H,28,31). The molecule has 0 aromatic heterocycles. The van der Waals surface area contributed by atoms with Crippen LogP contribution in [0.25, 0.3) is 0 Å². The number of hydrogen-bond donors (Lipinski definition) is 1. The summed E-state index contributed by atoms with van der Waals surface area (Å²) in [5, 5.41) is 3.11. The van der Waals surface area contributed by atoms with Crippen molar-refractivity contribution < 1.29 is 23.8 Å². The molecule has 2 aromatic rings. The Balaban J connectivity index is 1.43. The predicted molar refractivity (Wildman–Crippen MR) is 129 cm³/mol. The van der Waals surface area contributed by atoms with Gasteiger partial charge in [0.15, 0.2) is 0 Å². The highest BCUT2D eigenvalue weighted by Crippen LogP contribution is 2.38. The number of carbonyl (C=O) groups excluding carboxylic acids is 2. The number of carbonyl (C=O) groups is 2. The highest BCUT2D eigenvalue weighted by Gasteiger charge is 2.42. The zero-order valence-electron chi connectivity index (χ0n) is 19.7. The molecule has 1 atom stereocenters. The van der Waals surface area contributed by atoms with Gasteiger partial charge in [0, 0.05) is 37.9 Å². The molecule has 34 heavy (non-hydrogen) atoms. The van der Waals surface area contributed by atoms with E-state index in [9.17, 15) is 9.59 Å². The fourth-order valence-corrected chi connectivity index (χ4v) is 5.46. The lowest BCUT2D eigenvalue weighted by molar-refractivity contribution is -0.125. The van der Waals surface area contributed by atoms with Crippen LogP contribution in [0.3, 0.4) is 0 Å². The van der Waals surface area contributed by atoms with Gasteiger partial charge in [-0.2, -0.15) is 0 Å². The summed E-state index contributed by atoms with van der Waals surface area (Å²) in [6.45, 7) is 2.41. The summed E-state index contributed by atoms with van der Waals surface area (Å²) in [7, 11) is 1.63. The molecule has 1 N–H and O–H groups in total. The molecule has 180 valence electrons. The first-order valence-electron chi connectivity index (χ1n) is 12.2. The molecule has 2 saturated heterocycles. The minimum Gasteiger partial charge on any atom is -0.497 e. The minimum atomic E-state index is -0.701. The molecule has 2 amide bonds. The van der Waals surface area contributed by atoms with Crippen LogP contribution in [0, 0.1) is 0 Å². The molecule has 0 radical (unpaired) electrons. The summed E-state index contributed by atoms with van der Waals surface area (Å²) in [5.74, 6) is 1.24. The van der Waals surface area contributed by atoms with Gasteiger partial charge in [-0.3, -0.25) is 9.59 Å². The van der Waals surface area contributed by atoms with Crippen molar-refractivity contribution in [2.75, 3.05) is 38.8 Å². The van der Waals surface area contributed by atoms with E-state index in [1.54, 1.807) is 19.2 Å². The van der Waals surface area contributed by atoms with Crippen LogP contribution in [0.2, 0.25) is 0 Å². The summed E-state index contributed by atoms with van der Waals surface area (Å²) in [6, 6.07) is 13.3. The molecule has 7 nitrogen and oxygen atoms in total. The second kappa shape index (κ2) is 9.66. The molecule has 5 rings (SSSR count). The zero-order valence-corrected chi connectivity index (χ0v) is 19.7. The molecule has 2 aromatic carbocycles. The number of methoxy groups -OCH3 is 1. The van der Waals surface area contributed by atoms with Crippen molar-refractivity contribution in [2.45, 2.75) is 50.0 Å². The number of amides is 2. The zero-order chi connectivity index (χ0) is 23.5. The van der Waals surface area contributed by atoms with Crippen LogP contribution in [-0.2, 0) is 14.9 Å². The maximum atomic E-state index is 13.7. The number of fused-ring (bicyclic) bond motifs is 2. The maximum Gasteiger partial charge on any atom is 0.257 e. The van der Waals surface area contributed by atoms with E-state index in [2.05, 4.69) is 5.32 Å². The number of nitrogens with zero attached hydrogens (tertiary/aromatic N) is 1. The molecule has 3 aliphatic heterocycles. The van der Waals surface area contributed by atoms with E-state index >= 15 is 0 Å². The van der Waals surface area contributed by atoms with Gasteiger partial charge in [0.2, 0.25) is 5.91 Å². The molecule has 0 aliphatic carbocycles. The molecule has 1 unspecified atom stereocenters. The normalized spacial score (nSPS) is 21.9. The Morgan fingerprint density at radius 3 is 2.62 bits per heavy atom. The molecular weight excluding hydrogens is 432 g/mol. The highest BCUT2D eigenvalue weighted by molar-refractivity contribution is 6.02. The minimum absolute atomic E-state index is 0.00793. The van der Waals surface area contributed by atoms with Gasteiger partial charge in [-0.05, 0) is 68.0 Å². The van der Waals surface area contributed by atoms with E-state index in [0.717, 1.165) is 43.5 Å². The van der Waals surface area contributed by atoms with Gasteiger partial charge < -0.3 is 24.4 Å².